The van der Waals surface area contributed by atoms with Crippen LogP contribution >= 0.6 is 39.3 Å². The van der Waals surface area contributed by atoms with E-state index in [1.54, 1.807) is 10.6 Å². The number of nitrogens with zero attached hydrogens (tertiary/aromatic N) is 4. The summed E-state index contributed by atoms with van der Waals surface area (Å²) in [6.45, 7) is 4.18. The van der Waals surface area contributed by atoms with Crippen LogP contribution in [-0.4, -0.2) is 31.3 Å². The van der Waals surface area contributed by atoms with Crippen molar-refractivity contribution < 1.29 is 14.1 Å². The number of hydrogen-bond donors (Lipinski definition) is 1. The molecule has 0 aliphatic rings. The lowest BCUT2D eigenvalue weighted by Gasteiger charge is -2.08. The summed E-state index contributed by atoms with van der Waals surface area (Å²) >= 11 is 10.7. The number of fused-ring (bicyclic) bond motifs is 1. The molecule has 0 unspecified atom stereocenters. The third-order valence-electron chi connectivity index (χ3n) is 4.49. The summed E-state index contributed by atoms with van der Waals surface area (Å²) in [6.07, 6.45) is 1.69. The molecule has 12 heteroatoms. The zero-order valence-electron chi connectivity index (χ0n) is 16.8. The number of carbonyl (C=O) groups is 1. The molecular formula is C21H15BrClN5O4S. The van der Waals surface area contributed by atoms with E-state index in [0.717, 1.165) is 21.6 Å². The number of nitrogens with one attached hydrogen (secondary N) is 1. The summed E-state index contributed by atoms with van der Waals surface area (Å²) in [6, 6.07) is 11.4. The molecule has 2 heterocycles. The molecule has 9 nitrogen and oxygen atoms in total. The molecule has 1 N–H and O–H groups in total. The number of benzene rings is 2. The number of aromatic nitrogens is 3. The average Bonchev–Trinajstić information content (AvgIpc) is 3.37. The Kier molecular flexibility index (Phi) is 6.82. The molecule has 0 bridgehead atoms. The number of anilines is 1. The largest absolute Gasteiger partial charge is 0.453 e. The average molecular weight is 549 g/mol. The number of carbonyl (C=O) groups excluding carboxylic acids is 1. The lowest BCUT2D eigenvalue weighted by Crippen LogP contribution is -2.15. The Morgan fingerprint density at radius 1 is 1.30 bits per heavy atom. The topological polar surface area (TPSA) is 116 Å². The summed E-state index contributed by atoms with van der Waals surface area (Å²) in [5.41, 5.74) is 0.706. The fourth-order valence-electron chi connectivity index (χ4n) is 3.03. The Hall–Kier alpha value is -3.15. The first-order valence-electron chi connectivity index (χ1n) is 9.46. The molecule has 0 aliphatic carbocycles. The number of rotatable bonds is 8. The number of nitro groups is 1. The van der Waals surface area contributed by atoms with E-state index in [-0.39, 0.29) is 22.2 Å². The number of furan rings is 1. The second-order valence-electron chi connectivity index (χ2n) is 6.76. The van der Waals surface area contributed by atoms with E-state index < -0.39 is 10.8 Å². The van der Waals surface area contributed by atoms with Crippen LogP contribution in [0.5, 0.6) is 0 Å². The van der Waals surface area contributed by atoms with Crippen molar-refractivity contribution in [1.29, 1.82) is 0 Å². The third kappa shape index (κ3) is 5.10. The van der Waals surface area contributed by atoms with Gasteiger partial charge in [0.25, 0.3) is 5.69 Å². The number of halogens is 2. The maximum Gasteiger partial charge on any atom is 0.271 e. The highest BCUT2D eigenvalue weighted by molar-refractivity contribution is 9.10. The van der Waals surface area contributed by atoms with Gasteiger partial charge in [-0.2, -0.15) is 0 Å². The van der Waals surface area contributed by atoms with Crippen LogP contribution in [0.2, 0.25) is 5.02 Å². The molecule has 0 spiro atoms. The number of nitro benzene ring substituents is 1. The van der Waals surface area contributed by atoms with Gasteiger partial charge in [-0.3, -0.25) is 19.5 Å². The van der Waals surface area contributed by atoms with Gasteiger partial charge >= 0.3 is 0 Å². The van der Waals surface area contributed by atoms with E-state index in [1.165, 1.54) is 18.2 Å². The van der Waals surface area contributed by atoms with Gasteiger partial charge in [-0.25, -0.2) is 0 Å². The van der Waals surface area contributed by atoms with Gasteiger partial charge in [0.05, 0.1) is 21.4 Å². The Balaban J connectivity index is 1.52. The minimum absolute atomic E-state index is 0.0125. The number of amides is 1. The summed E-state index contributed by atoms with van der Waals surface area (Å²) < 4.78 is 8.64. The normalized spacial score (nSPS) is 11.0. The predicted molar refractivity (Wildman–Crippen MR) is 131 cm³/mol. The maximum atomic E-state index is 12.5. The van der Waals surface area contributed by atoms with Crippen LogP contribution < -0.4 is 5.32 Å². The molecule has 168 valence electrons. The Bertz CT molecular complexity index is 1390. The minimum Gasteiger partial charge on any atom is -0.453 e. The van der Waals surface area contributed by atoms with E-state index in [4.69, 9.17) is 16.0 Å². The van der Waals surface area contributed by atoms with E-state index in [9.17, 15) is 14.9 Å². The van der Waals surface area contributed by atoms with Crippen molar-refractivity contribution in [3.05, 3.63) is 74.7 Å². The van der Waals surface area contributed by atoms with Crippen molar-refractivity contribution in [2.24, 2.45) is 0 Å². The zero-order chi connectivity index (χ0) is 23.5. The fourth-order valence-corrected chi connectivity index (χ4v) is 4.33. The summed E-state index contributed by atoms with van der Waals surface area (Å²) in [5, 5.41) is 23.6. The van der Waals surface area contributed by atoms with Crippen LogP contribution in [0.3, 0.4) is 0 Å². The Morgan fingerprint density at radius 3 is 2.88 bits per heavy atom. The Labute approximate surface area is 205 Å². The zero-order valence-corrected chi connectivity index (χ0v) is 20.0. The molecule has 2 aromatic carbocycles. The van der Waals surface area contributed by atoms with Crippen molar-refractivity contribution >= 4 is 67.5 Å². The molecule has 0 saturated heterocycles. The number of non-ortho nitro benzene ring substituents is 1. The first-order chi connectivity index (χ1) is 15.9. The van der Waals surface area contributed by atoms with E-state index in [0.29, 0.717) is 28.9 Å². The quantitative estimate of drug-likeness (QED) is 0.125. The van der Waals surface area contributed by atoms with Crippen LogP contribution in [0.15, 0.2) is 69.2 Å². The molecule has 4 aromatic rings. The predicted octanol–water partition coefficient (Wildman–Crippen LogP) is 5.93. The first kappa shape index (κ1) is 23.0. The second-order valence-corrected chi connectivity index (χ2v) is 9.02. The van der Waals surface area contributed by atoms with Gasteiger partial charge in [-0.1, -0.05) is 45.4 Å². The summed E-state index contributed by atoms with van der Waals surface area (Å²) in [4.78, 5) is 22.9. The SMILES string of the molecule is C=CCn1c(SCC(=O)Nc2cc([N+](=O)[O-])ccc2Cl)nnc1-c1cc2cc(Br)ccc2o1. The monoisotopic (exact) mass is 547 g/mol. The standard InChI is InChI=1S/C21H15BrClN5O4S/c1-2-7-27-20(18-9-12-8-13(22)3-6-17(12)32-18)25-26-21(27)33-11-19(29)24-16-10-14(28(30)31)4-5-15(16)23/h2-6,8-10H,1,7,11H2,(H,24,29). The Morgan fingerprint density at radius 2 is 2.12 bits per heavy atom. The van der Waals surface area contributed by atoms with Crippen LogP contribution in [0.4, 0.5) is 11.4 Å². The van der Waals surface area contributed by atoms with Crippen LogP contribution in [-0.2, 0) is 11.3 Å². The van der Waals surface area contributed by atoms with Crippen molar-refractivity contribution in [3.63, 3.8) is 0 Å². The lowest BCUT2D eigenvalue weighted by atomic mass is 10.2. The van der Waals surface area contributed by atoms with Crippen molar-refractivity contribution in [2.45, 2.75) is 11.7 Å². The summed E-state index contributed by atoms with van der Waals surface area (Å²) in [7, 11) is 0. The maximum absolute atomic E-state index is 12.5. The lowest BCUT2D eigenvalue weighted by molar-refractivity contribution is -0.384. The molecule has 33 heavy (non-hydrogen) atoms. The number of thioether (sulfide) groups is 1. The van der Waals surface area contributed by atoms with E-state index >= 15 is 0 Å². The van der Waals surface area contributed by atoms with Crippen molar-refractivity contribution in [2.75, 3.05) is 11.1 Å². The molecular weight excluding hydrogens is 534 g/mol. The van der Waals surface area contributed by atoms with Gasteiger partial charge in [-0.05, 0) is 30.3 Å². The van der Waals surface area contributed by atoms with Crippen LogP contribution in [0, 0.1) is 10.1 Å². The molecule has 0 fully saturated rings. The molecule has 0 atom stereocenters. The van der Waals surface area contributed by atoms with Gasteiger partial charge in [-0.15, -0.1) is 16.8 Å². The minimum atomic E-state index is -0.559. The van der Waals surface area contributed by atoms with Gasteiger partial charge < -0.3 is 9.73 Å². The highest BCUT2D eigenvalue weighted by atomic mass is 79.9. The van der Waals surface area contributed by atoms with Gasteiger partial charge in [0.15, 0.2) is 10.9 Å². The van der Waals surface area contributed by atoms with Crippen LogP contribution in [0.25, 0.3) is 22.6 Å². The summed E-state index contributed by atoms with van der Waals surface area (Å²) in [5.74, 6) is 0.635. The molecule has 0 saturated carbocycles. The molecule has 2 aromatic heterocycles. The van der Waals surface area contributed by atoms with Gasteiger partial charge in [0.1, 0.15) is 5.58 Å². The van der Waals surface area contributed by atoms with Gasteiger partial charge in [0, 0.05) is 28.5 Å². The molecule has 0 radical (unpaired) electrons. The number of allylic oxidation sites excluding steroid dienone is 1. The third-order valence-corrected chi connectivity index (χ3v) is 6.28. The fraction of sp³-hybridized carbons (Fsp3) is 0.0952. The smallest absolute Gasteiger partial charge is 0.271 e. The highest BCUT2D eigenvalue weighted by Crippen LogP contribution is 2.31. The number of hydrogen-bond acceptors (Lipinski definition) is 7. The van der Waals surface area contributed by atoms with E-state index in [1.807, 2.05) is 24.3 Å². The van der Waals surface area contributed by atoms with E-state index in [2.05, 4.69) is 38.0 Å². The van der Waals surface area contributed by atoms with Crippen LogP contribution in [0.1, 0.15) is 0 Å². The van der Waals surface area contributed by atoms with Crippen molar-refractivity contribution in [1.82, 2.24) is 14.8 Å². The molecule has 0 aliphatic heterocycles. The molecule has 1 amide bonds. The molecule has 4 rings (SSSR count). The highest BCUT2D eigenvalue weighted by Gasteiger charge is 2.19. The van der Waals surface area contributed by atoms with Crippen molar-refractivity contribution in [3.8, 4) is 11.6 Å². The first-order valence-corrected chi connectivity index (χ1v) is 11.6. The van der Waals surface area contributed by atoms with Gasteiger partial charge in [0.2, 0.25) is 11.7 Å². The second kappa shape index (κ2) is 9.77.